The lowest BCUT2D eigenvalue weighted by molar-refractivity contribution is 0.370. The second kappa shape index (κ2) is 3.79. The molecule has 0 amide bonds. The maximum Gasteiger partial charge on any atom is 0.160 e. The zero-order chi connectivity index (χ0) is 10.1. The van der Waals surface area contributed by atoms with Gasteiger partial charge in [-0.2, -0.15) is 0 Å². The van der Waals surface area contributed by atoms with Crippen LogP contribution in [0.1, 0.15) is 11.5 Å². The normalized spacial score (nSPS) is 16.4. The molecule has 3 nitrogen and oxygen atoms in total. The second-order valence-electron chi connectivity index (χ2n) is 3.40. The number of rotatable bonds is 2. The molecular formula is C10H12BrNO2. The molecule has 1 saturated heterocycles. The van der Waals surface area contributed by atoms with Gasteiger partial charge in [0, 0.05) is 23.5 Å². The third-order valence-electron chi connectivity index (χ3n) is 2.52. The van der Waals surface area contributed by atoms with Gasteiger partial charge in [-0.25, -0.2) is 0 Å². The number of hydrogen-bond donors (Lipinski definition) is 2. The molecule has 0 aliphatic carbocycles. The summed E-state index contributed by atoms with van der Waals surface area (Å²) in [5.41, 5.74) is 1.19. The molecule has 4 heteroatoms. The van der Waals surface area contributed by atoms with Crippen LogP contribution < -0.4 is 10.1 Å². The first kappa shape index (κ1) is 9.80. The van der Waals surface area contributed by atoms with E-state index in [1.807, 2.05) is 6.07 Å². The second-order valence-corrected chi connectivity index (χ2v) is 4.26. The summed E-state index contributed by atoms with van der Waals surface area (Å²) in [6.45, 7) is 1.99. The van der Waals surface area contributed by atoms with Crippen molar-refractivity contribution in [1.82, 2.24) is 5.32 Å². The maximum absolute atomic E-state index is 9.52. The van der Waals surface area contributed by atoms with Gasteiger partial charge < -0.3 is 15.2 Å². The van der Waals surface area contributed by atoms with E-state index < -0.39 is 0 Å². The lowest BCUT2D eigenvalue weighted by Crippen LogP contribution is -2.40. The van der Waals surface area contributed by atoms with Crippen molar-refractivity contribution in [3.8, 4) is 11.5 Å². The van der Waals surface area contributed by atoms with Crippen LogP contribution in [0, 0.1) is 0 Å². The number of ether oxygens (including phenoxy) is 1. The standard InChI is InChI=1S/C10H12BrNO2/c1-14-10-2-7(6-4-12-5-6)8(11)3-9(10)13/h2-3,6,12-13H,4-5H2,1H3. The van der Waals surface area contributed by atoms with Crippen molar-refractivity contribution >= 4 is 15.9 Å². The monoisotopic (exact) mass is 257 g/mol. The van der Waals surface area contributed by atoms with Crippen LogP contribution >= 0.6 is 15.9 Å². The van der Waals surface area contributed by atoms with Gasteiger partial charge in [0.2, 0.25) is 0 Å². The average Bonchev–Trinajstić information content (AvgIpc) is 2.06. The molecule has 0 bridgehead atoms. The summed E-state index contributed by atoms with van der Waals surface area (Å²) in [4.78, 5) is 0. The quantitative estimate of drug-likeness (QED) is 0.850. The smallest absolute Gasteiger partial charge is 0.160 e. The van der Waals surface area contributed by atoms with Gasteiger partial charge in [-0.05, 0) is 17.7 Å². The summed E-state index contributed by atoms with van der Waals surface area (Å²) in [6, 6.07) is 3.58. The van der Waals surface area contributed by atoms with E-state index in [4.69, 9.17) is 4.74 Å². The molecule has 0 spiro atoms. The number of hydrogen-bond acceptors (Lipinski definition) is 3. The summed E-state index contributed by atoms with van der Waals surface area (Å²) in [5.74, 6) is 1.24. The van der Waals surface area contributed by atoms with Crippen LogP contribution in [0.3, 0.4) is 0 Å². The molecule has 1 aliphatic heterocycles. The number of halogens is 1. The van der Waals surface area contributed by atoms with E-state index >= 15 is 0 Å². The summed E-state index contributed by atoms with van der Waals surface area (Å²) < 4.78 is 6.01. The predicted molar refractivity (Wildman–Crippen MR) is 58.0 cm³/mol. The highest BCUT2D eigenvalue weighted by Crippen LogP contribution is 2.36. The highest BCUT2D eigenvalue weighted by atomic mass is 79.9. The Kier molecular flexibility index (Phi) is 2.65. The van der Waals surface area contributed by atoms with Crippen molar-refractivity contribution in [2.24, 2.45) is 0 Å². The van der Waals surface area contributed by atoms with E-state index in [0.29, 0.717) is 11.7 Å². The van der Waals surface area contributed by atoms with Crippen LogP contribution in [-0.2, 0) is 0 Å². The molecular weight excluding hydrogens is 246 g/mol. The third kappa shape index (κ3) is 1.60. The molecule has 1 aromatic carbocycles. The molecule has 1 aromatic rings. The highest BCUT2D eigenvalue weighted by molar-refractivity contribution is 9.10. The first-order valence-corrected chi connectivity index (χ1v) is 5.28. The van der Waals surface area contributed by atoms with Gasteiger partial charge in [0.05, 0.1) is 7.11 Å². The van der Waals surface area contributed by atoms with Crippen molar-refractivity contribution in [3.63, 3.8) is 0 Å². The minimum Gasteiger partial charge on any atom is -0.504 e. The van der Waals surface area contributed by atoms with Crippen molar-refractivity contribution in [2.75, 3.05) is 20.2 Å². The van der Waals surface area contributed by atoms with Gasteiger partial charge in [-0.3, -0.25) is 0 Å². The number of phenolic OH excluding ortho intramolecular Hbond substituents is 1. The Balaban J connectivity index is 2.38. The summed E-state index contributed by atoms with van der Waals surface area (Å²) in [7, 11) is 1.56. The topological polar surface area (TPSA) is 41.5 Å². The van der Waals surface area contributed by atoms with Crippen LogP contribution in [0.2, 0.25) is 0 Å². The van der Waals surface area contributed by atoms with Crippen molar-refractivity contribution in [3.05, 3.63) is 22.2 Å². The zero-order valence-electron chi connectivity index (χ0n) is 7.88. The zero-order valence-corrected chi connectivity index (χ0v) is 9.47. The van der Waals surface area contributed by atoms with Crippen LogP contribution in [0.25, 0.3) is 0 Å². The number of benzene rings is 1. The van der Waals surface area contributed by atoms with Crippen LogP contribution in [0.5, 0.6) is 11.5 Å². The minimum atomic E-state index is 0.176. The lowest BCUT2D eigenvalue weighted by atomic mass is 9.93. The van der Waals surface area contributed by atoms with Gasteiger partial charge >= 0.3 is 0 Å². The van der Waals surface area contributed by atoms with Gasteiger partial charge in [0.25, 0.3) is 0 Å². The molecule has 0 radical (unpaired) electrons. The molecule has 0 saturated carbocycles. The van der Waals surface area contributed by atoms with Crippen molar-refractivity contribution in [1.29, 1.82) is 0 Å². The summed E-state index contributed by atoms with van der Waals surface area (Å²) >= 11 is 3.44. The Bertz CT molecular complexity index is 350. The fraction of sp³-hybridized carbons (Fsp3) is 0.400. The first-order valence-electron chi connectivity index (χ1n) is 4.49. The average molecular weight is 258 g/mol. The van der Waals surface area contributed by atoms with Gasteiger partial charge in [-0.15, -0.1) is 0 Å². The molecule has 0 unspecified atom stereocenters. The third-order valence-corrected chi connectivity index (χ3v) is 3.21. The number of phenols is 1. The van der Waals surface area contributed by atoms with E-state index in [2.05, 4.69) is 21.2 Å². The molecule has 0 atom stereocenters. The van der Waals surface area contributed by atoms with Gasteiger partial charge in [0.1, 0.15) is 0 Å². The molecule has 0 aromatic heterocycles. The highest BCUT2D eigenvalue weighted by Gasteiger charge is 2.22. The number of aromatic hydroxyl groups is 1. The minimum absolute atomic E-state index is 0.176. The van der Waals surface area contributed by atoms with E-state index in [1.54, 1.807) is 13.2 Å². The molecule has 2 N–H and O–H groups in total. The first-order chi connectivity index (χ1) is 6.72. The SMILES string of the molecule is COc1cc(C2CNC2)c(Br)cc1O. The molecule has 1 heterocycles. The Labute approximate surface area is 91.2 Å². The van der Waals surface area contributed by atoms with E-state index in [1.165, 1.54) is 5.56 Å². The van der Waals surface area contributed by atoms with Crippen LogP contribution in [-0.4, -0.2) is 25.3 Å². The van der Waals surface area contributed by atoms with E-state index in [-0.39, 0.29) is 5.75 Å². The van der Waals surface area contributed by atoms with Gasteiger partial charge in [0.15, 0.2) is 11.5 Å². The number of methoxy groups -OCH3 is 1. The molecule has 1 aliphatic rings. The van der Waals surface area contributed by atoms with E-state index in [0.717, 1.165) is 17.6 Å². The predicted octanol–water partition coefficient (Wildman–Crippen LogP) is 1.85. The Morgan fingerprint density at radius 3 is 2.71 bits per heavy atom. The van der Waals surface area contributed by atoms with E-state index in [9.17, 15) is 5.11 Å². The lowest BCUT2D eigenvalue weighted by Gasteiger charge is -2.28. The molecule has 14 heavy (non-hydrogen) atoms. The van der Waals surface area contributed by atoms with Crippen LogP contribution in [0.4, 0.5) is 0 Å². The van der Waals surface area contributed by atoms with Crippen molar-refractivity contribution < 1.29 is 9.84 Å². The molecule has 1 fully saturated rings. The maximum atomic E-state index is 9.52. The van der Waals surface area contributed by atoms with Crippen LogP contribution in [0.15, 0.2) is 16.6 Å². The fourth-order valence-corrected chi connectivity index (χ4v) is 2.20. The molecule has 2 rings (SSSR count). The fourth-order valence-electron chi connectivity index (χ4n) is 1.54. The summed E-state index contributed by atoms with van der Waals surface area (Å²) in [5, 5.41) is 12.7. The summed E-state index contributed by atoms with van der Waals surface area (Å²) in [6.07, 6.45) is 0. The molecule has 76 valence electrons. The van der Waals surface area contributed by atoms with Crippen molar-refractivity contribution in [2.45, 2.75) is 5.92 Å². The van der Waals surface area contributed by atoms with Gasteiger partial charge in [-0.1, -0.05) is 15.9 Å². The Hall–Kier alpha value is -0.740. The Morgan fingerprint density at radius 2 is 2.21 bits per heavy atom. The largest absolute Gasteiger partial charge is 0.504 e. The number of nitrogens with one attached hydrogen (secondary N) is 1. The Morgan fingerprint density at radius 1 is 1.50 bits per heavy atom.